The SMILES string of the molecule is Cc1cc(C)c(C(=O)N2CCN(c3ccccc3)[C@H](CO)C2)c(C)c1CC1CCN(c2ccc(F)cn2)CC1. The number of aromatic nitrogens is 1. The molecule has 0 saturated carbocycles. The Morgan fingerprint density at radius 2 is 1.74 bits per heavy atom. The fraction of sp³-hybridized carbons (Fsp3) is 0.438. The largest absolute Gasteiger partial charge is 0.394 e. The van der Waals surface area contributed by atoms with Crippen molar-refractivity contribution in [1.82, 2.24) is 9.88 Å². The van der Waals surface area contributed by atoms with Gasteiger partial charge in [-0.2, -0.15) is 0 Å². The zero-order valence-corrected chi connectivity index (χ0v) is 23.2. The molecule has 2 aliphatic heterocycles. The first-order valence-electron chi connectivity index (χ1n) is 14.0. The van der Waals surface area contributed by atoms with E-state index in [9.17, 15) is 14.3 Å². The van der Waals surface area contributed by atoms with E-state index in [0.717, 1.165) is 60.5 Å². The highest BCUT2D eigenvalue weighted by molar-refractivity contribution is 5.97. The summed E-state index contributed by atoms with van der Waals surface area (Å²) in [5, 5.41) is 10.2. The zero-order valence-electron chi connectivity index (χ0n) is 23.2. The number of aliphatic hydroxyl groups is 1. The molecule has 0 aliphatic carbocycles. The first-order valence-corrected chi connectivity index (χ1v) is 14.0. The number of aliphatic hydroxyl groups excluding tert-OH is 1. The molecule has 2 saturated heterocycles. The van der Waals surface area contributed by atoms with Crippen molar-refractivity contribution in [2.24, 2.45) is 5.92 Å². The number of benzene rings is 2. The fourth-order valence-corrected chi connectivity index (χ4v) is 6.39. The normalized spacial score (nSPS) is 18.5. The van der Waals surface area contributed by atoms with Crippen LogP contribution in [0.25, 0.3) is 0 Å². The minimum Gasteiger partial charge on any atom is -0.394 e. The van der Waals surface area contributed by atoms with Crippen molar-refractivity contribution in [3.63, 3.8) is 0 Å². The maximum absolute atomic E-state index is 13.9. The summed E-state index contributed by atoms with van der Waals surface area (Å²) in [5.74, 6) is 1.11. The number of piperidine rings is 1. The number of pyridine rings is 1. The Bertz CT molecular complexity index is 1290. The second-order valence-electron chi connectivity index (χ2n) is 11.1. The number of piperazine rings is 1. The van der Waals surface area contributed by atoms with Gasteiger partial charge >= 0.3 is 0 Å². The Kier molecular flexibility index (Phi) is 8.17. The van der Waals surface area contributed by atoms with Gasteiger partial charge < -0.3 is 19.8 Å². The van der Waals surface area contributed by atoms with E-state index in [1.165, 1.54) is 23.4 Å². The number of halogens is 1. The topological polar surface area (TPSA) is 59.9 Å². The van der Waals surface area contributed by atoms with E-state index in [-0.39, 0.29) is 24.4 Å². The molecule has 5 rings (SSSR count). The molecule has 206 valence electrons. The number of nitrogens with zero attached hydrogens (tertiary/aromatic N) is 4. The molecular weight excluding hydrogens is 491 g/mol. The Hall–Kier alpha value is -3.45. The lowest BCUT2D eigenvalue weighted by Crippen LogP contribution is -2.56. The Balaban J connectivity index is 1.29. The van der Waals surface area contributed by atoms with Crippen molar-refractivity contribution in [2.75, 3.05) is 49.1 Å². The van der Waals surface area contributed by atoms with Gasteiger partial charge in [0, 0.05) is 44.0 Å². The van der Waals surface area contributed by atoms with Gasteiger partial charge in [-0.25, -0.2) is 9.37 Å². The first-order chi connectivity index (χ1) is 18.9. The molecule has 3 heterocycles. The summed E-state index contributed by atoms with van der Waals surface area (Å²) in [6.07, 6.45) is 4.30. The number of anilines is 2. The number of hydrogen-bond donors (Lipinski definition) is 1. The van der Waals surface area contributed by atoms with Crippen LogP contribution in [-0.2, 0) is 6.42 Å². The molecule has 1 N–H and O–H groups in total. The molecule has 2 fully saturated rings. The van der Waals surface area contributed by atoms with E-state index in [0.29, 0.717) is 25.6 Å². The van der Waals surface area contributed by atoms with Crippen LogP contribution in [0.3, 0.4) is 0 Å². The maximum Gasteiger partial charge on any atom is 0.254 e. The highest BCUT2D eigenvalue weighted by Crippen LogP contribution is 2.31. The molecule has 6 nitrogen and oxygen atoms in total. The standard InChI is InChI=1S/C32H39FN4O2/c1-22-17-23(2)31(32(39)36-15-16-37(28(20-36)21-38)27-7-5-4-6-8-27)24(3)29(22)18-25-11-13-35(14-12-25)30-10-9-26(33)19-34-30/h4-10,17,19,25,28,38H,11-16,18,20-21H2,1-3H3/t28-/m0/s1. The van der Waals surface area contributed by atoms with Gasteiger partial charge in [-0.05, 0) is 92.5 Å². The first kappa shape index (κ1) is 27.1. The molecule has 3 aromatic rings. The molecule has 7 heteroatoms. The number of aryl methyl sites for hydroxylation is 2. The van der Waals surface area contributed by atoms with Crippen LogP contribution in [0.15, 0.2) is 54.7 Å². The molecule has 1 aromatic heterocycles. The predicted molar refractivity (Wildman–Crippen MR) is 154 cm³/mol. The van der Waals surface area contributed by atoms with E-state index in [2.05, 4.69) is 46.8 Å². The summed E-state index contributed by atoms with van der Waals surface area (Å²) in [4.78, 5) is 24.5. The summed E-state index contributed by atoms with van der Waals surface area (Å²) in [6, 6.07) is 15.4. The quantitative estimate of drug-likeness (QED) is 0.490. The lowest BCUT2D eigenvalue weighted by Gasteiger charge is -2.42. The van der Waals surface area contributed by atoms with Gasteiger partial charge in [0.1, 0.15) is 11.6 Å². The van der Waals surface area contributed by atoms with Crippen LogP contribution in [0.4, 0.5) is 15.9 Å². The molecule has 0 unspecified atom stereocenters. The molecule has 0 spiro atoms. The van der Waals surface area contributed by atoms with E-state index in [1.54, 1.807) is 6.07 Å². The van der Waals surface area contributed by atoms with Crippen molar-refractivity contribution in [3.05, 3.63) is 88.4 Å². The number of hydrogen-bond acceptors (Lipinski definition) is 5. The molecule has 2 aromatic carbocycles. The van der Waals surface area contributed by atoms with E-state index in [1.807, 2.05) is 30.0 Å². The minimum atomic E-state index is -0.311. The maximum atomic E-state index is 13.9. The van der Waals surface area contributed by atoms with Crippen LogP contribution in [-0.4, -0.2) is 66.3 Å². The lowest BCUT2D eigenvalue weighted by molar-refractivity contribution is 0.0697. The summed E-state index contributed by atoms with van der Waals surface area (Å²) in [6.45, 7) is 9.91. The van der Waals surface area contributed by atoms with Crippen molar-refractivity contribution in [2.45, 2.75) is 46.1 Å². The summed E-state index contributed by atoms with van der Waals surface area (Å²) >= 11 is 0. The molecule has 0 bridgehead atoms. The number of carbonyl (C=O) groups excluding carboxylic acids is 1. The van der Waals surface area contributed by atoms with Crippen LogP contribution in [0, 0.1) is 32.5 Å². The van der Waals surface area contributed by atoms with Gasteiger partial charge in [-0.15, -0.1) is 0 Å². The second-order valence-corrected chi connectivity index (χ2v) is 11.1. The number of amides is 1. The number of carbonyl (C=O) groups is 1. The lowest BCUT2D eigenvalue weighted by atomic mass is 9.84. The van der Waals surface area contributed by atoms with Gasteiger partial charge in [0.25, 0.3) is 5.91 Å². The average Bonchev–Trinajstić information content (AvgIpc) is 2.96. The van der Waals surface area contributed by atoms with Gasteiger partial charge in [-0.3, -0.25) is 4.79 Å². The summed E-state index contributed by atoms with van der Waals surface area (Å²) < 4.78 is 13.3. The fourth-order valence-electron chi connectivity index (χ4n) is 6.39. The Labute approximate surface area is 231 Å². The Morgan fingerprint density at radius 3 is 2.41 bits per heavy atom. The number of rotatable bonds is 6. The average molecular weight is 531 g/mol. The number of para-hydroxylation sites is 1. The molecule has 2 aliphatic rings. The highest BCUT2D eigenvalue weighted by atomic mass is 19.1. The zero-order chi connectivity index (χ0) is 27.5. The summed E-state index contributed by atoms with van der Waals surface area (Å²) in [7, 11) is 0. The predicted octanol–water partition coefficient (Wildman–Crippen LogP) is 4.93. The van der Waals surface area contributed by atoms with Crippen molar-refractivity contribution < 1.29 is 14.3 Å². The van der Waals surface area contributed by atoms with Gasteiger partial charge in [0.05, 0.1) is 18.8 Å². The Morgan fingerprint density at radius 1 is 1.00 bits per heavy atom. The van der Waals surface area contributed by atoms with Gasteiger partial charge in [-0.1, -0.05) is 24.3 Å². The molecule has 39 heavy (non-hydrogen) atoms. The highest BCUT2D eigenvalue weighted by Gasteiger charge is 2.32. The minimum absolute atomic E-state index is 0.00191. The molecule has 0 radical (unpaired) electrons. The van der Waals surface area contributed by atoms with Crippen LogP contribution < -0.4 is 9.80 Å². The van der Waals surface area contributed by atoms with Gasteiger partial charge in [0.2, 0.25) is 0 Å². The van der Waals surface area contributed by atoms with Crippen LogP contribution in [0.1, 0.15) is 45.5 Å². The third-order valence-electron chi connectivity index (χ3n) is 8.56. The van der Waals surface area contributed by atoms with Crippen LogP contribution in [0.5, 0.6) is 0 Å². The van der Waals surface area contributed by atoms with E-state index in [4.69, 9.17) is 0 Å². The monoisotopic (exact) mass is 530 g/mol. The smallest absolute Gasteiger partial charge is 0.254 e. The molecular formula is C32H39FN4O2. The van der Waals surface area contributed by atoms with Crippen molar-refractivity contribution in [3.8, 4) is 0 Å². The summed E-state index contributed by atoms with van der Waals surface area (Å²) in [5.41, 5.74) is 6.52. The van der Waals surface area contributed by atoms with Crippen molar-refractivity contribution in [1.29, 1.82) is 0 Å². The third kappa shape index (κ3) is 5.78. The van der Waals surface area contributed by atoms with Crippen molar-refractivity contribution >= 4 is 17.4 Å². The van der Waals surface area contributed by atoms with E-state index < -0.39 is 0 Å². The van der Waals surface area contributed by atoms with Gasteiger partial charge in [0.15, 0.2) is 0 Å². The second kappa shape index (κ2) is 11.7. The van der Waals surface area contributed by atoms with Crippen LogP contribution >= 0.6 is 0 Å². The molecule has 1 atom stereocenters. The van der Waals surface area contributed by atoms with E-state index >= 15 is 0 Å². The third-order valence-corrected chi connectivity index (χ3v) is 8.56. The molecule has 1 amide bonds. The van der Waals surface area contributed by atoms with Crippen LogP contribution in [0.2, 0.25) is 0 Å².